The molecule has 0 unspecified atom stereocenters. The molecule has 0 aliphatic rings. The molecule has 1 aromatic carbocycles. The summed E-state index contributed by atoms with van der Waals surface area (Å²) in [5.74, 6) is 5.91. The van der Waals surface area contributed by atoms with E-state index in [1.54, 1.807) is 0 Å². The number of nitrogens with zero attached hydrogens (tertiary/aromatic N) is 3. The number of nitrogen functional groups attached to an aromatic ring is 1. The molecule has 0 atom stereocenters. The van der Waals surface area contributed by atoms with E-state index < -0.39 is 0 Å². The van der Waals surface area contributed by atoms with Gasteiger partial charge in [0.2, 0.25) is 11.9 Å². The fourth-order valence-corrected chi connectivity index (χ4v) is 1.77. The summed E-state index contributed by atoms with van der Waals surface area (Å²) in [6.07, 6.45) is 0.854. The molecule has 0 bridgehead atoms. The maximum atomic E-state index is 6.09. The Hall–Kier alpha value is -2.12. The lowest BCUT2D eigenvalue weighted by Gasteiger charge is -2.11. The zero-order chi connectivity index (χ0) is 15.2. The first-order valence-electron chi connectivity index (χ1n) is 6.51. The molecule has 8 heteroatoms. The molecule has 1 aromatic heterocycles. The van der Waals surface area contributed by atoms with Crippen molar-refractivity contribution >= 4 is 29.2 Å². The Kier molecular flexibility index (Phi) is 5.13. The summed E-state index contributed by atoms with van der Waals surface area (Å²) in [6, 6.07) is 5.75. The lowest BCUT2D eigenvalue weighted by Crippen LogP contribution is -2.14. The second-order valence-electron chi connectivity index (χ2n) is 4.30. The van der Waals surface area contributed by atoms with Gasteiger partial charge >= 0.3 is 6.01 Å². The molecule has 0 saturated heterocycles. The number of hydrazine groups is 1. The first-order valence-corrected chi connectivity index (χ1v) is 6.89. The Bertz CT molecular complexity index is 622. The molecular weight excluding hydrogens is 292 g/mol. The monoisotopic (exact) mass is 308 g/mol. The van der Waals surface area contributed by atoms with E-state index in [1.807, 2.05) is 32.0 Å². The van der Waals surface area contributed by atoms with Crippen LogP contribution >= 0.6 is 11.6 Å². The molecule has 0 spiro atoms. The van der Waals surface area contributed by atoms with Crippen molar-refractivity contribution in [2.24, 2.45) is 5.84 Å². The summed E-state index contributed by atoms with van der Waals surface area (Å²) >= 11 is 6.09. The highest BCUT2D eigenvalue weighted by molar-refractivity contribution is 6.31. The van der Waals surface area contributed by atoms with Crippen LogP contribution in [0.25, 0.3) is 0 Å². The lowest BCUT2D eigenvalue weighted by atomic mass is 10.2. The van der Waals surface area contributed by atoms with Crippen molar-refractivity contribution in [1.29, 1.82) is 0 Å². The third-order valence-electron chi connectivity index (χ3n) is 2.69. The van der Waals surface area contributed by atoms with Crippen LogP contribution in [0.15, 0.2) is 18.2 Å². The van der Waals surface area contributed by atoms with Crippen molar-refractivity contribution in [3.63, 3.8) is 0 Å². The van der Waals surface area contributed by atoms with Crippen molar-refractivity contribution < 1.29 is 4.74 Å². The number of hydrogen-bond acceptors (Lipinski definition) is 7. The second-order valence-corrected chi connectivity index (χ2v) is 4.70. The second kappa shape index (κ2) is 7.05. The molecule has 112 valence electrons. The minimum Gasteiger partial charge on any atom is -0.463 e. The Balaban J connectivity index is 2.28. The van der Waals surface area contributed by atoms with Crippen molar-refractivity contribution in [3.8, 4) is 6.01 Å². The predicted molar refractivity (Wildman–Crippen MR) is 82.9 cm³/mol. The maximum absolute atomic E-state index is 6.09. The summed E-state index contributed by atoms with van der Waals surface area (Å²) in [5, 5.41) is 3.74. The topological polar surface area (TPSA) is 98.0 Å². The van der Waals surface area contributed by atoms with Gasteiger partial charge in [0, 0.05) is 10.7 Å². The molecule has 0 amide bonds. The summed E-state index contributed by atoms with van der Waals surface area (Å²) in [7, 11) is 0. The number of nitrogens with one attached hydrogen (secondary N) is 2. The zero-order valence-corrected chi connectivity index (χ0v) is 12.6. The average Bonchev–Trinajstić information content (AvgIpc) is 2.49. The molecule has 4 N–H and O–H groups in total. The fourth-order valence-electron chi connectivity index (χ4n) is 1.60. The Morgan fingerprint density at radius 1 is 1.24 bits per heavy atom. The molecule has 21 heavy (non-hydrogen) atoms. The molecule has 2 aromatic rings. The lowest BCUT2D eigenvalue weighted by molar-refractivity contribution is 0.292. The smallest absolute Gasteiger partial charge is 0.323 e. The van der Waals surface area contributed by atoms with Gasteiger partial charge < -0.3 is 10.1 Å². The van der Waals surface area contributed by atoms with Gasteiger partial charge in [-0.2, -0.15) is 15.0 Å². The summed E-state index contributed by atoms with van der Waals surface area (Å²) in [5.41, 5.74) is 4.09. The largest absolute Gasteiger partial charge is 0.463 e. The molecular formula is C13H17ClN6O. The van der Waals surface area contributed by atoms with Crippen molar-refractivity contribution in [2.75, 3.05) is 17.3 Å². The number of hydrogen-bond donors (Lipinski definition) is 3. The van der Waals surface area contributed by atoms with Gasteiger partial charge in [-0.05, 0) is 31.0 Å². The van der Waals surface area contributed by atoms with Gasteiger partial charge in [-0.25, -0.2) is 5.84 Å². The van der Waals surface area contributed by atoms with Crippen LogP contribution in [-0.2, 0) is 0 Å². The number of anilines is 3. The van der Waals surface area contributed by atoms with E-state index in [1.165, 1.54) is 0 Å². The van der Waals surface area contributed by atoms with Crippen molar-refractivity contribution in [1.82, 2.24) is 15.0 Å². The van der Waals surface area contributed by atoms with Crippen LogP contribution in [0.1, 0.15) is 18.9 Å². The van der Waals surface area contributed by atoms with Gasteiger partial charge in [-0.1, -0.05) is 24.6 Å². The quantitative estimate of drug-likeness (QED) is 0.557. The maximum Gasteiger partial charge on any atom is 0.323 e. The van der Waals surface area contributed by atoms with Crippen molar-refractivity contribution in [3.05, 3.63) is 28.8 Å². The number of benzene rings is 1. The molecule has 0 aliphatic heterocycles. The number of ether oxygens (including phenoxy) is 1. The SMILES string of the molecule is CCCOc1nc(NN)nc(Nc2cccc(Cl)c2C)n1. The first-order chi connectivity index (χ1) is 10.1. The minimum atomic E-state index is 0.210. The van der Waals surface area contributed by atoms with Gasteiger partial charge in [-0.3, -0.25) is 5.43 Å². The van der Waals surface area contributed by atoms with E-state index in [4.69, 9.17) is 22.2 Å². The van der Waals surface area contributed by atoms with E-state index in [0.717, 1.165) is 17.7 Å². The molecule has 1 heterocycles. The number of halogens is 1. The minimum absolute atomic E-state index is 0.210. The number of aromatic nitrogens is 3. The van der Waals surface area contributed by atoms with Crippen LogP contribution in [-0.4, -0.2) is 21.6 Å². The average molecular weight is 309 g/mol. The standard InChI is InChI=1S/C13H17ClN6O/c1-3-7-21-13-18-11(17-12(19-13)20-15)16-10-6-4-5-9(14)8(10)2/h4-6H,3,7,15H2,1-2H3,(H2,16,17,18,19,20). The van der Waals surface area contributed by atoms with Crippen molar-refractivity contribution in [2.45, 2.75) is 20.3 Å². The van der Waals surface area contributed by atoms with Gasteiger partial charge in [-0.15, -0.1) is 0 Å². The van der Waals surface area contributed by atoms with Gasteiger partial charge in [0.25, 0.3) is 0 Å². The van der Waals surface area contributed by atoms with E-state index in [-0.39, 0.29) is 12.0 Å². The molecule has 0 fully saturated rings. The summed E-state index contributed by atoms with van der Waals surface area (Å²) < 4.78 is 5.41. The Morgan fingerprint density at radius 2 is 2.00 bits per heavy atom. The van der Waals surface area contributed by atoms with Gasteiger partial charge in [0.15, 0.2) is 0 Å². The zero-order valence-electron chi connectivity index (χ0n) is 11.9. The van der Waals surface area contributed by atoms with E-state index in [2.05, 4.69) is 25.7 Å². The third kappa shape index (κ3) is 3.93. The van der Waals surface area contributed by atoms with Crippen LogP contribution in [0.4, 0.5) is 17.6 Å². The number of nitrogens with two attached hydrogens (primary N) is 1. The Morgan fingerprint density at radius 3 is 2.71 bits per heavy atom. The van der Waals surface area contributed by atoms with Crippen LogP contribution in [0.2, 0.25) is 5.02 Å². The summed E-state index contributed by atoms with van der Waals surface area (Å²) in [4.78, 5) is 12.3. The van der Waals surface area contributed by atoms with Crippen LogP contribution < -0.4 is 21.3 Å². The predicted octanol–water partition coefficient (Wildman–Crippen LogP) is 2.65. The molecule has 7 nitrogen and oxygen atoms in total. The van der Waals surface area contributed by atoms with Gasteiger partial charge in [0.1, 0.15) is 0 Å². The first kappa shape index (κ1) is 15.3. The highest BCUT2D eigenvalue weighted by Crippen LogP contribution is 2.25. The Labute approximate surface area is 127 Å². The van der Waals surface area contributed by atoms with Gasteiger partial charge in [0.05, 0.1) is 6.61 Å². The molecule has 0 aliphatic carbocycles. The molecule has 2 rings (SSSR count). The normalized spacial score (nSPS) is 10.3. The molecule has 0 saturated carbocycles. The van der Waals surface area contributed by atoms with E-state index >= 15 is 0 Å². The summed E-state index contributed by atoms with van der Waals surface area (Å²) in [6.45, 7) is 4.42. The molecule has 0 radical (unpaired) electrons. The highest BCUT2D eigenvalue weighted by atomic mass is 35.5. The van der Waals surface area contributed by atoms with Crippen LogP contribution in [0.5, 0.6) is 6.01 Å². The highest BCUT2D eigenvalue weighted by Gasteiger charge is 2.09. The van der Waals surface area contributed by atoms with E-state index in [0.29, 0.717) is 17.6 Å². The number of rotatable bonds is 6. The van der Waals surface area contributed by atoms with Crippen LogP contribution in [0.3, 0.4) is 0 Å². The van der Waals surface area contributed by atoms with E-state index in [9.17, 15) is 0 Å². The van der Waals surface area contributed by atoms with Crippen LogP contribution in [0, 0.1) is 6.92 Å². The fraction of sp³-hybridized carbons (Fsp3) is 0.308. The third-order valence-corrected chi connectivity index (χ3v) is 3.10.